The number of carboxylic acid groups (broad SMARTS) is 1. The van der Waals surface area contributed by atoms with Crippen LogP contribution in [0.4, 0.5) is 4.39 Å². The highest BCUT2D eigenvalue weighted by molar-refractivity contribution is 5.72. The van der Waals surface area contributed by atoms with Gasteiger partial charge in [-0.15, -0.1) is 0 Å². The highest BCUT2D eigenvalue weighted by Gasteiger charge is 2.17. The van der Waals surface area contributed by atoms with E-state index in [4.69, 9.17) is 19.3 Å². The van der Waals surface area contributed by atoms with E-state index in [1.807, 2.05) is 12.1 Å². The van der Waals surface area contributed by atoms with E-state index in [9.17, 15) is 9.18 Å². The number of halogens is 1. The fourth-order valence-corrected chi connectivity index (χ4v) is 4.48. The highest BCUT2D eigenvalue weighted by atomic mass is 19.1. The molecule has 0 unspecified atom stereocenters. The maximum Gasteiger partial charge on any atom is 0.303 e. The van der Waals surface area contributed by atoms with E-state index in [1.54, 1.807) is 12.1 Å². The Hall–Kier alpha value is -3.38. The molecule has 6 heteroatoms. The van der Waals surface area contributed by atoms with Crippen LogP contribution in [0.2, 0.25) is 0 Å². The number of benzene rings is 3. The molecule has 0 aromatic heterocycles. The van der Waals surface area contributed by atoms with Crippen LogP contribution < -0.4 is 9.47 Å². The minimum Gasteiger partial charge on any atom is -0.490 e. The van der Waals surface area contributed by atoms with Gasteiger partial charge in [-0.1, -0.05) is 24.3 Å². The minimum absolute atomic E-state index is 0.106. The average molecular weight is 479 g/mol. The van der Waals surface area contributed by atoms with Crippen molar-refractivity contribution in [1.82, 2.24) is 0 Å². The van der Waals surface area contributed by atoms with E-state index in [2.05, 4.69) is 38.1 Å². The van der Waals surface area contributed by atoms with Crippen LogP contribution in [0.3, 0.4) is 0 Å². The molecule has 0 atom stereocenters. The lowest BCUT2D eigenvalue weighted by Crippen LogP contribution is -2.25. The van der Waals surface area contributed by atoms with Crippen LogP contribution in [0.25, 0.3) is 11.1 Å². The molecule has 1 saturated heterocycles. The monoisotopic (exact) mass is 478 g/mol. The molecule has 1 N–H and O–H groups in total. The zero-order valence-electron chi connectivity index (χ0n) is 20.2. The third-order valence-corrected chi connectivity index (χ3v) is 6.23. The molecule has 0 saturated carbocycles. The van der Waals surface area contributed by atoms with Crippen molar-refractivity contribution >= 4 is 5.97 Å². The maximum atomic E-state index is 14.3. The number of carboxylic acids is 1. The zero-order valence-corrected chi connectivity index (χ0v) is 20.2. The lowest BCUT2D eigenvalue weighted by molar-refractivity contribution is -0.136. The summed E-state index contributed by atoms with van der Waals surface area (Å²) in [5, 5.41) is 8.79. The Morgan fingerprint density at radius 2 is 1.77 bits per heavy atom. The standard InChI is InChI=1S/C29H31FO5/c1-19-14-26(35-24-10-12-33-13-11-24)15-20(2)29(19)23-5-3-4-21(16-23)18-34-25-8-6-22(27(30)17-25)7-9-28(31)32/h3-6,8,14-17,24H,7,9-13,18H2,1-2H3,(H,31,32). The maximum absolute atomic E-state index is 14.3. The van der Waals surface area contributed by atoms with Gasteiger partial charge in [-0.05, 0) is 77.9 Å². The molecule has 1 aliphatic rings. The number of aryl methyl sites for hydroxylation is 3. The first-order chi connectivity index (χ1) is 16.9. The SMILES string of the molecule is Cc1cc(OC2CCOCC2)cc(C)c1-c1cccc(COc2ccc(CCC(=O)O)c(F)c2)c1. The van der Waals surface area contributed by atoms with E-state index < -0.39 is 11.8 Å². The van der Waals surface area contributed by atoms with Gasteiger partial charge in [-0.2, -0.15) is 0 Å². The van der Waals surface area contributed by atoms with Gasteiger partial charge in [0.05, 0.1) is 13.2 Å². The minimum atomic E-state index is -0.948. The number of hydrogen-bond donors (Lipinski definition) is 1. The third-order valence-electron chi connectivity index (χ3n) is 6.23. The second-order valence-corrected chi connectivity index (χ2v) is 9.00. The highest BCUT2D eigenvalue weighted by Crippen LogP contribution is 2.32. The predicted octanol–water partition coefficient (Wildman–Crippen LogP) is 6.26. The average Bonchev–Trinajstić information content (AvgIpc) is 2.82. The van der Waals surface area contributed by atoms with Crippen molar-refractivity contribution in [2.75, 3.05) is 13.2 Å². The van der Waals surface area contributed by atoms with Gasteiger partial charge in [-0.25, -0.2) is 4.39 Å². The van der Waals surface area contributed by atoms with Gasteiger partial charge in [0, 0.05) is 25.3 Å². The van der Waals surface area contributed by atoms with E-state index >= 15 is 0 Å². The summed E-state index contributed by atoms with van der Waals surface area (Å²) >= 11 is 0. The number of aliphatic carboxylic acids is 1. The van der Waals surface area contributed by atoms with Crippen LogP contribution in [-0.4, -0.2) is 30.4 Å². The normalized spacial score (nSPS) is 14.0. The summed E-state index contributed by atoms with van der Waals surface area (Å²) < 4.78 is 31.7. The predicted molar refractivity (Wildman–Crippen MR) is 133 cm³/mol. The Morgan fingerprint density at radius 3 is 2.46 bits per heavy atom. The van der Waals surface area contributed by atoms with E-state index in [-0.39, 0.29) is 18.9 Å². The summed E-state index contributed by atoms with van der Waals surface area (Å²) in [5.41, 5.74) is 5.89. The number of carbonyl (C=O) groups is 1. The van der Waals surface area contributed by atoms with Gasteiger partial charge in [-0.3, -0.25) is 4.79 Å². The molecule has 0 spiro atoms. The van der Waals surface area contributed by atoms with Crippen molar-refractivity contribution in [2.24, 2.45) is 0 Å². The van der Waals surface area contributed by atoms with Crippen molar-refractivity contribution < 1.29 is 28.5 Å². The van der Waals surface area contributed by atoms with Crippen LogP contribution >= 0.6 is 0 Å². The zero-order chi connectivity index (χ0) is 24.8. The van der Waals surface area contributed by atoms with Crippen LogP contribution in [0, 0.1) is 19.7 Å². The molecule has 0 aliphatic carbocycles. The van der Waals surface area contributed by atoms with Crippen molar-refractivity contribution in [3.63, 3.8) is 0 Å². The summed E-state index contributed by atoms with van der Waals surface area (Å²) in [7, 11) is 0. The van der Waals surface area contributed by atoms with Crippen molar-refractivity contribution in [3.8, 4) is 22.6 Å². The Morgan fingerprint density at radius 1 is 1.03 bits per heavy atom. The van der Waals surface area contributed by atoms with Crippen molar-refractivity contribution in [1.29, 1.82) is 0 Å². The number of hydrogen-bond acceptors (Lipinski definition) is 4. The third kappa shape index (κ3) is 6.61. The van der Waals surface area contributed by atoms with E-state index in [0.717, 1.165) is 54.1 Å². The molecule has 184 valence electrons. The summed E-state index contributed by atoms with van der Waals surface area (Å²) in [6, 6.07) is 16.9. The van der Waals surface area contributed by atoms with Gasteiger partial charge >= 0.3 is 5.97 Å². The Bertz CT molecular complexity index is 1160. The molecule has 4 rings (SSSR count). The molecular weight excluding hydrogens is 447 g/mol. The van der Waals surface area contributed by atoms with Crippen LogP contribution in [0.1, 0.15) is 41.5 Å². The number of ether oxygens (including phenoxy) is 3. The lowest BCUT2D eigenvalue weighted by atomic mass is 9.94. The Labute approximate surface area is 205 Å². The van der Waals surface area contributed by atoms with Gasteiger partial charge in [0.25, 0.3) is 0 Å². The second kappa shape index (κ2) is 11.4. The first-order valence-corrected chi connectivity index (χ1v) is 12.0. The lowest BCUT2D eigenvalue weighted by Gasteiger charge is -2.24. The van der Waals surface area contributed by atoms with Gasteiger partial charge in [0.15, 0.2) is 0 Å². The molecule has 1 aliphatic heterocycles. The van der Waals surface area contributed by atoms with Crippen molar-refractivity contribution in [2.45, 2.75) is 52.2 Å². The summed E-state index contributed by atoms with van der Waals surface area (Å²) in [4.78, 5) is 10.7. The molecule has 0 bridgehead atoms. The topological polar surface area (TPSA) is 65.0 Å². The molecule has 0 radical (unpaired) electrons. The fourth-order valence-electron chi connectivity index (χ4n) is 4.48. The summed E-state index contributed by atoms with van der Waals surface area (Å²) in [6.07, 6.45) is 2.07. The smallest absolute Gasteiger partial charge is 0.303 e. The molecule has 3 aromatic rings. The summed E-state index contributed by atoms with van der Waals surface area (Å²) in [5.74, 6) is -0.0960. The number of rotatable bonds is 9. The van der Waals surface area contributed by atoms with Crippen molar-refractivity contribution in [3.05, 3.63) is 82.7 Å². The van der Waals surface area contributed by atoms with Crippen LogP contribution in [0.15, 0.2) is 54.6 Å². The first kappa shape index (κ1) is 24.7. The van der Waals surface area contributed by atoms with E-state index in [1.165, 1.54) is 11.6 Å². The van der Waals surface area contributed by atoms with E-state index in [0.29, 0.717) is 17.9 Å². The second-order valence-electron chi connectivity index (χ2n) is 9.00. The van der Waals surface area contributed by atoms with Crippen LogP contribution in [-0.2, 0) is 22.6 Å². The molecule has 5 nitrogen and oxygen atoms in total. The molecule has 3 aromatic carbocycles. The van der Waals surface area contributed by atoms with Gasteiger partial charge in [0.1, 0.15) is 30.0 Å². The summed E-state index contributed by atoms with van der Waals surface area (Å²) in [6.45, 7) is 5.98. The largest absolute Gasteiger partial charge is 0.490 e. The van der Waals surface area contributed by atoms with Gasteiger partial charge < -0.3 is 19.3 Å². The molecule has 1 fully saturated rings. The van der Waals surface area contributed by atoms with Gasteiger partial charge in [0.2, 0.25) is 0 Å². The Kier molecular flexibility index (Phi) is 8.03. The molecule has 1 heterocycles. The molecular formula is C29H31FO5. The fraction of sp³-hybridized carbons (Fsp3) is 0.345. The Balaban J connectivity index is 1.44. The quantitative estimate of drug-likeness (QED) is 0.393. The molecule has 0 amide bonds. The van der Waals surface area contributed by atoms with Crippen LogP contribution in [0.5, 0.6) is 11.5 Å². The first-order valence-electron chi connectivity index (χ1n) is 12.0. The molecule has 35 heavy (non-hydrogen) atoms.